The molecule has 0 saturated heterocycles. The van der Waals surface area contributed by atoms with Gasteiger partial charge in [-0.05, 0) is 6.92 Å². The summed E-state index contributed by atoms with van der Waals surface area (Å²) in [6.45, 7) is 1.91. The summed E-state index contributed by atoms with van der Waals surface area (Å²) in [5, 5.41) is 13.8. The Bertz CT molecular complexity index is 893. The molecule has 0 aliphatic heterocycles. The van der Waals surface area contributed by atoms with Crippen LogP contribution in [0.25, 0.3) is 0 Å². The summed E-state index contributed by atoms with van der Waals surface area (Å²) >= 11 is 0. The van der Waals surface area contributed by atoms with E-state index >= 15 is 0 Å². The highest BCUT2D eigenvalue weighted by Crippen LogP contribution is 2.34. The maximum Gasteiger partial charge on any atom is 0.286 e. The monoisotopic (exact) mass is 362 g/mol. The van der Waals surface area contributed by atoms with Crippen molar-refractivity contribution in [1.29, 1.82) is 0 Å². The number of ether oxygens (including phenoxy) is 2. The van der Waals surface area contributed by atoms with Crippen molar-refractivity contribution in [2.75, 3.05) is 20.8 Å². The molecule has 1 amide bonds. The SMILES string of the molecule is COc1cc(C(=O)NCCn2cncc(C)c2=O)c([N+](=O)[O-])cc1OC. The summed E-state index contributed by atoms with van der Waals surface area (Å²) in [5.41, 5.74) is -0.308. The molecule has 0 saturated carbocycles. The van der Waals surface area contributed by atoms with E-state index in [9.17, 15) is 19.7 Å². The summed E-state index contributed by atoms with van der Waals surface area (Å²) in [7, 11) is 2.71. The van der Waals surface area contributed by atoms with E-state index in [1.807, 2.05) is 0 Å². The van der Waals surface area contributed by atoms with Gasteiger partial charge in [-0.2, -0.15) is 0 Å². The van der Waals surface area contributed by atoms with Crippen LogP contribution in [0.4, 0.5) is 5.69 Å². The Morgan fingerprint density at radius 1 is 1.31 bits per heavy atom. The van der Waals surface area contributed by atoms with Gasteiger partial charge in [-0.3, -0.25) is 24.3 Å². The van der Waals surface area contributed by atoms with Crippen molar-refractivity contribution in [3.8, 4) is 11.5 Å². The predicted molar refractivity (Wildman–Crippen MR) is 91.8 cm³/mol. The lowest BCUT2D eigenvalue weighted by molar-refractivity contribution is -0.385. The van der Waals surface area contributed by atoms with Crippen LogP contribution >= 0.6 is 0 Å². The van der Waals surface area contributed by atoms with Crippen LogP contribution in [0, 0.1) is 17.0 Å². The lowest BCUT2D eigenvalue weighted by Crippen LogP contribution is -2.31. The number of amides is 1. The number of rotatable bonds is 7. The first-order chi connectivity index (χ1) is 12.4. The number of methoxy groups -OCH3 is 2. The Labute approximate surface area is 148 Å². The Morgan fingerprint density at radius 2 is 1.96 bits per heavy atom. The summed E-state index contributed by atoms with van der Waals surface area (Å²) in [6, 6.07) is 2.37. The molecule has 138 valence electrons. The molecule has 1 aromatic heterocycles. The number of carbonyl (C=O) groups excluding carboxylic acids is 1. The molecule has 1 heterocycles. The molecule has 2 rings (SSSR count). The minimum Gasteiger partial charge on any atom is -0.493 e. The van der Waals surface area contributed by atoms with Gasteiger partial charge >= 0.3 is 0 Å². The molecule has 2 aromatic rings. The van der Waals surface area contributed by atoms with Crippen molar-refractivity contribution >= 4 is 11.6 Å². The number of hydrogen-bond acceptors (Lipinski definition) is 7. The number of nitrogens with zero attached hydrogens (tertiary/aromatic N) is 3. The van der Waals surface area contributed by atoms with E-state index in [2.05, 4.69) is 10.3 Å². The summed E-state index contributed by atoms with van der Waals surface area (Å²) in [4.78, 5) is 38.8. The number of aromatic nitrogens is 2. The Balaban J connectivity index is 2.19. The highest BCUT2D eigenvalue weighted by molar-refractivity contribution is 5.99. The molecule has 0 aliphatic carbocycles. The van der Waals surface area contributed by atoms with Gasteiger partial charge < -0.3 is 14.8 Å². The zero-order chi connectivity index (χ0) is 19.3. The van der Waals surface area contributed by atoms with Crippen LogP contribution in [-0.2, 0) is 6.54 Å². The first kappa shape index (κ1) is 18.9. The lowest BCUT2D eigenvalue weighted by Gasteiger charge is -2.11. The van der Waals surface area contributed by atoms with E-state index in [0.717, 1.165) is 6.07 Å². The van der Waals surface area contributed by atoms with Gasteiger partial charge in [-0.15, -0.1) is 0 Å². The first-order valence-corrected chi connectivity index (χ1v) is 7.58. The molecule has 0 radical (unpaired) electrons. The fourth-order valence-corrected chi connectivity index (χ4v) is 2.31. The second-order valence-electron chi connectivity index (χ2n) is 5.31. The number of benzene rings is 1. The summed E-state index contributed by atoms with van der Waals surface area (Å²) < 4.78 is 11.4. The molecule has 0 fully saturated rings. The largest absolute Gasteiger partial charge is 0.493 e. The molecule has 26 heavy (non-hydrogen) atoms. The van der Waals surface area contributed by atoms with Crippen molar-refractivity contribution in [2.45, 2.75) is 13.5 Å². The summed E-state index contributed by atoms with van der Waals surface area (Å²) in [5.74, 6) is -0.318. The van der Waals surface area contributed by atoms with Crippen LogP contribution in [0.3, 0.4) is 0 Å². The third kappa shape index (κ3) is 3.97. The third-order valence-electron chi connectivity index (χ3n) is 3.65. The van der Waals surface area contributed by atoms with Crippen LogP contribution in [0.5, 0.6) is 11.5 Å². The van der Waals surface area contributed by atoms with Crippen molar-refractivity contribution in [3.63, 3.8) is 0 Å². The van der Waals surface area contributed by atoms with Gasteiger partial charge in [0.15, 0.2) is 11.5 Å². The zero-order valence-electron chi connectivity index (χ0n) is 14.5. The average molecular weight is 362 g/mol. The molecule has 0 bridgehead atoms. The number of aryl methyl sites for hydroxylation is 1. The third-order valence-corrected chi connectivity index (χ3v) is 3.65. The minimum atomic E-state index is -0.675. The van der Waals surface area contributed by atoms with Gasteiger partial charge in [0.1, 0.15) is 5.56 Å². The van der Waals surface area contributed by atoms with Gasteiger partial charge in [0, 0.05) is 30.9 Å². The highest BCUT2D eigenvalue weighted by atomic mass is 16.6. The Hall–Kier alpha value is -3.43. The quantitative estimate of drug-likeness (QED) is 0.573. The second-order valence-corrected chi connectivity index (χ2v) is 5.31. The molecule has 10 nitrogen and oxygen atoms in total. The maximum absolute atomic E-state index is 12.4. The topological polar surface area (TPSA) is 126 Å². The van der Waals surface area contributed by atoms with E-state index in [-0.39, 0.29) is 35.7 Å². The van der Waals surface area contributed by atoms with Crippen LogP contribution in [0.2, 0.25) is 0 Å². The van der Waals surface area contributed by atoms with Crippen molar-refractivity contribution in [1.82, 2.24) is 14.9 Å². The second kappa shape index (κ2) is 8.10. The molecular formula is C16H18N4O6. The number of hydrogen-bond donors (Lipinski definition) is 1. The standard InChI is InChI=1S/C16H18N4O6/c1-10-8-17-9-19(16(10)22)5-4-18-15(21)11-6-13(25-2)14(26-3)7-12(11)20(23)24/h6-9H,4-5H2,1-3H3,(H,18,21). The summed E-state index contributed by atoms with van der Waals surface area (Å²) in [6.07, 6.45) is 2.81. The van der Waals surface area contributed by atoms with Gasteiger partial charge in [-0.1, -0.05) is 0 Å². The smallest absolute Gasteiger partial charge is 0.286 e. The molecule has 0 aliphatic rings. The lowest BCUT2D eigenvalue weighted by atomic mass is 10.1. The van der Waals surface area contributed by atoms with Gasteiger partial charge in [-0.25, -0.2) is 4.98 Å². The molecule has 10 heteroatoms. The van der Waals surface area contributed by atoms with Crippen LogP contribution in [0.15, 0.2) is 29.5 Å². The van der Waals surface area contributed by atoms with E-state index in [1.165, 1.54) is 37.4 Å². The number of carbonyl (C=O) groups is 1. The zero-order valence-corrected chi connectivity index (χ0v) is 14.5. The molecule has 0 atom stereocenters. The van der Waals surface area contributed by atoms with Gasteiger partial charge in [0.25, 0.3) is 17.2 Å². The van der Waals surface area contributed by atoms with Crippen LogP contribution < -0.4 is 20.3 Å². The Kier molecular flexibility index (Phi) is 5.89. The number of nitro groups is 1. The van der Waals surface area contributed by atoms with Crippen molar-refractivity contribution in [3.05, 3.63) is 56.3 Å². The first-order valence-electron chi connectivity index (χ1n) is 7.58. The number of nitro benzene ring substituents is 1. The van der Waals surface area contributed by atoms with E-state index in [4.69, 9.17) is 9.47 Å². The molecule has 0 spiro atoms. The highest BCUT2D eigenvalue weighted by Gasteiger charge is 2.24. The fourth-order valence-electron chi connectivity index (χ4n) is 2.31. The van der Waals surface area contributed by atoms with Crippen molar-refractivity contribution < 1.29 is 19.2 Å². The van der Waals surface area contributed by atoms with E-state index in [1.54, 1.807) is 6.92 Å². The Morgan fingerprint density at radius 3 is 2.58 bits per heavy atom. The number of nitrogens with one attached hydrogen (secondary N) is 1. The fraction of sp³-hybridized carbons (Fsp3) is 0.312. The minimum absolute atomic E-state index is 0.0926. The molecule has 0 unspecified atom stereocenters. The molecule has 1 N–H and O–H groups in total. The average Bonchev–Trinajstić information content (AvgIpc) is 2.63. The van der Waals surface area contributed by atoms with Crippen molar-refractivity contribution in [2.24, 2.45) is 0 Å². The van der Waals surface area contributed by atoms with E-state index in [0.29, 0.717) is 5.56 Å². The van der Waals surface area contributed by atoms with Crippen LogP contribution in [0.1, 0.15) is 15.9 Å². The van der Waals surface area contributed by atoms with Gasteiger partial charge in [0.2, 0.25) is 0 Å². The predicted octanol–water partition coefficient (Wildman–Crippen LogP) is 0.907. The van der Waals surface area contributed by atoms with Crippen LogP contribution in [-0.4, -0.2) is 41.1 Å². The maximum atomic E-state index is 12.4. The normalized spacial score (nSPS) is 10.3. The van der Waals surface area contributed by atoms with Gasteiger partial charge in [0.05, 0.1) is 31.5 Å². The van der Waals surface area contributed by atoms with E-state index < -0.39 is 16.5 Å². The molecular weight excluding hydrogens is 344 g/mol. The molecule has 1 aromatic carbocycles.